The molecule has 1 rings (SSSR count). The second-order valence-electron chi connectivity index (χ2n) is 3.30. The van der Waals surface area contributed by atoms with Crippen LogP contribution < -0.4 is 5.73 Å². The lowest BCUT2D eigenvalue weighted by Crippen LogP contribution is -2.06. The van der Waals surface area contributed by atoms with Crippen LogP contribution in [0.25, 0.3) is 0 Å². The van der Waals surface area contributed by atoms with Crippen LogP contribution in [0.15, 0.2) is 24.3 Å². The van der Waals surface area contributed by atoms with E-state index in [1.165, 1.54) is 0 Å². The molecule has 0 aliphatic heterocycles. The van der Waals surface area contributed by atoms with Crippen LogP contribution in [0.4, 0.5) is 5.69 Å². The van der Waals surface area contributed by atoms with Crippen molar-refractivity contribution < 1.29 is 4.21 Å². The second kappa shape index (κ2) is 5.81. The van der Waals surface area contributed by atoms with Crippen LogP contribution in [0.1, 0.15) is 18.9 Å². The van der Waals surface area contributed by atoms with Crippen molar-refractivity contribution in [3.8, 4) is 0 Å². The van der Waals surface area contributed by atoms with E-state index in [0.29, 0.717) is 0 Å². The minimum absolute atomic E-state index is 0.684. The second-order valence-corrected chi connectivity index (χ2v) is 4.99. The molecule has 2 N–H and O–H groups in total. The summed E-state index contributed by atoms with van der Waals surface area (Å²) >= 11 is 0. The molecule has 0 saturated heterocycles. The summed E-state index contributed by atoms with van der Waals surface area (Å²) in [5.74, 6) is 1.52. The summed E-state index contributed by atoms with van der Waals surface area (Å²) in [5, 5.41) is 0. The number of hydrogen-bond donors (Lipinski definition) is 1. The molecule has 0 saturated carbocycles. The highest BCUT2D eigenvalue weighted by Gasteiger charge is 2.01. The van der Waals surface area contributed by atoms with Crippen LogP contribution in [0.3, 0.4) is 0 Å². The molecule has 2 nitrogen and oxygen atoms in total. The van der Waals surface area contributed by atoms with Crippen LogP contribution in [0.5, 0.6) is 0 Å². The molecular formula is C11H17NOS. The maximum atomic E-state index is 11.4. The van der Waals surface area contributed by atoms with E-state index in [-0.39, 0.29) is 0 Å². The first-order chi connectivity index (χ1) is 6.74. The van der Waals surface area contributed by atoms with Crippen LogP contribution >= 0.6 is 0 Å². The number of nitrogen functional groups attached to an aromatic ring is 1. The monoisotopic (exact) mass is 211 g/mol. The third-order valence-corrected chi connectivity index (χ3v) is 3.61. The smallest absolute Gasteiger partial charge is 0.0346 e. The fourth-order valence-corrected chi connectivity index (χ4v) is 2.42. The van der Waals surface area contributed by atoms with Crippen LogP contribution in [0.2, 0.25) is 0 Å². The molecule has 14 heavy (non-hydrogen) atoms. The number of benzene rings is 1. The van der Waals surface area contributed by atoms with Gasteiger partial charge in [0.25, 0.3) is 0 Å². The topological polar surface area (TPSA) is 43.1 Å². The Hall–Kier alpha value is -0.830. The maximum absolute atomic E-state index is 11.4. The highest BCUT2D eigenvalue weighted by molar-refractivity contribution is 7.84. The third-order valence-electron chi connectivity index (χ3n) is 2.09. The normalized spacial score (nSPS) is 12.6. The third kappa shape index (κ3) is 3.50. The Labute approximate surface area is 88.0 Å². The van der Waals surface area contributed by atoms with Gasteiger partial charge in [0, 0.05) is 28.0 Å². The molecule has 0 bridgehead atoms. The predicted octanol–water partition coefficient (Wildman–Crippen LogP) is 1.97. The first-order valence-electron chi connectivity index (χ1n) is 4.92. The Morgan fingerprint density at radius 3 is 2.64 bits per heavy atom. The lowest BCUT2D eigenvalue weighted by Gasteiger charge is -2.04. The molecule has 0 aliphatic carbocycles. The van der Waals surface area contributed by atoms with Crippen molar-refractivity contribution >= 4 is 16.5 Å². The molecule has 1 unspecified atom stereocenters. The van der Waals surface area contributed by atoms with Gasteiger partial charge in [-0.05, 0) is 24.5 Å². The predicted molar refractivity (Wildman–Crippen MR) is 62.7 cm³/mol. The molecule has 0 amide bonds. The minimum Gasteiger partial charge on any atom is -0.399 e. The van der Waals surface area contributed by atoms with Gasteiger partial charge in [0.1, 0.15) is 0 Å². The molecule has 1 aromatic carbocycles. The first kappa shape index (κ1) is 11.2. The Morgan fingerprint density at radius 1 is 1.29 bits per heavy atom. The number of hydrogen-bond acceptors (Lipinski definition) is 2. The van der Waals surface area contributed by atoms with Crippen molar-refractivity contribution in [1.82, 2.24) is 0 Å². The molecular weight excluding hydrogens is 194 g/mol. The molecule has 0 heterocycles. The van der Waals surface area contributed by atoms with Gasteiger partial charge < -0.3 is 5.73 Å². The van der Waals surface area contributed by atoms with Gasteiger partial charge in [-0.15, -0.1) is 0 Å². The van der Waals surface area contributed by atoms with Gasteiger partial charge in [0.15, 0.2) is 0 Å². The summed E-state index contributed by atoms with van der Waals surface area (Å²) in [6, 6.07) is 7.77. The number of rotatable bonds is 5. The number of anilines is 1. The molecule has 1 aromatic rings. The molecule has 0 fully saturated rings. The zero-order valence-electron chi connectivity index (χ0n) is 8.53. The Morgan fingerprint density at radius 2 is 2.00 bits per heavy atom. The summed E-state index contributed by atoms with van der Waals surface area (Å²) in [4.78, 5) is 0. The quantitative estimate of drug-likeness (QED) is 0.757. The lowest BCUT2D eigenvalue weighted by atomic mass is 10.1. The summed E-state index contributed by atoms with van der Waals surface area (Å²) in [7, 11) is -0.684. The molecule has 3 heteroatoms. The highest BCUT2D eigenvalue weighted by atomic mass is 32.2. The summed E-state index contributed by atoms with van der Waals surface area (Å²) in [6.45, 7) is 2.05. The van der Waals surface area contributed by atoms with E-state index < -0.39 is 10.8 Å². The van der Waals surface area contributed by atoms with Crippen molar-refractivity contribution in [3.63, 3.8) is 0 Å². The fraction of sp³-hybridized carbons (Fsp3) is 0.455. The number of aryl methyl sites for hydroxylation is 1. The molecule has 78 valence electrons. The maximum Gasteiger partial charge on any atom is 0.0346 e. The molecule has 0 aliphatic rings. The van der Waals surface area contributed by atoms with Gasteiger partial charge in [0.2, 0.25) is 0 Å². The van der Waals surface area contributed by atoms with Crippen LogP contribution in [0, 0.1) is 0 Å². The fourth-order valence-electron chi connectivity index (χ4n) is 1.32. The van der Waals surface area contributed by atoms with E-state index in [0.717, 1.165) is 35.6 Å². The van der Waals surface area contributed by atoms with Gasteiger partial charge in [-0.25, -0.2) is 0 Å². The largest absolute Gasteiger partial charge is 0.399 e. The van der Waals surface area contributed by atoms with E-state index >= 15 is 0 Å². The lowest BCUT2D eigenvalue weighted by molar-refractivity contribution is 0.681. The Kier molecular flexibility index (Phi) is 4.66. The van der Waals surface area contributed by atoms with E-state index in [1.807, 2.05) is 24.3 Å². The SMILES string of the molecule is CCCS(=O)CCc1ccccc1N. The highest BCUT2D eigenvalue weighted by Crippen LogP contribution is 2.11. The van der Waals surface area contributed by atoms with Gasteiger partial charge in [-0.3, -0.25) is 4.21 Å². The van der Waals surface area contributed by atoms with E-state index in [4.69, 9.17) is 5.73 Å². The zero-order valence-corrected chi connectivity index (χ0v) is 9.35. The standard InChI is InChI=1S/C11H17NOS/c1-2-8-14(13)9-7-10-5-3-4-6-11(10)12/h3-6H,2,7-9,12H2,1H3. The van der Waals surface area contributed by atoms with Crippen LogP contribution in [-0.2, 0) is 17.2 Å². The number of nitrogens with two attached hydrogens (primary N) is 1. The van der Waals surface area contributed by atoms with Crippen molar-refractivity contribution in [2.75, 3.05) is 17.2 Å². The zero-order chi connectivity index (χ0) is 10.4. The molecule has 0 spiro atoms. The van der Waals surface area contributed by atoms with Crippen molar-refractivity contribution in [2.24, 2.45) is 0 Å². The van der Waals surface area contributed by atoms with Crippen molar-refractivity contribution in [3.05, 3.63) is 29.8 Å². The van der Waals surface area contributed by atoms with Gasteiger partial charge in [0.05, 0.1) is 0 Å². The summed E-state index contributed by atoms with van der Waals surface area (Å²) in [5.41, 5.74) is 7.70. The average Bonchev–Trinajstić information content (AvgIpc) is 2.17. The van der Waals surface area contributed by atoms with Crippen molar-refractivity contribution in [1.29, 1.82) is 0 Å². The van der Waals surface area contributed by atoms with Crippen LogP contribution in [-0.4, -0.2) is 15.7 Å². The summed E-state index contributed by atoms with van der Waals surface area (Å²) < 4.78 is 11.4. The molecule has 0 aromatic heterocycles. The van der Waals surface area contributed by atoms with E-state index in [9.17, 15) is 4.21 Å². The van der Waals surface area contributed by atoms with Gasteiger partial charge in [-0.1, -0.05) is 25.1 Å². The Bertz CT molecular complexity index is 312. The molecule has 1 atom stereocenters. The minimum atomic E-state index is -0.684. The van der Waals surface area contributed by atoms with Gasteiger partial charge >= 0.3 is 0 Å². The van der Waals surface area contributed by atoms with E-state index in [1.54, 1.807) is 0 Å². The average molecular weight is 211 g/mol. The van der Waals surface area contributed by atoms with Gasteiger partial charge in [-0.2, -0.15) is 0 Å². The van der Waals surface area contributed by atoms with Crippen molar-refractivity contribution in [2.45, 2.75) is 19.8 Å². The molecule has 0 radical (unpaired) electrons. The first-order valence-corrected chi connectivity index (χ1v) is 6.41. The van der Waals surface area contributed by atoms with E-state index in [2.05, 4.69) is 6.92 Å². The summed E-state index contributed by atoms with van der Waals surface area (Å²) in [6.07, 6.45) is 1.80. The number of para-hydroxylation sites is 1. The Balaban J connectivity index is 2.46.